The lowest BCUT2D eigenvalue weighted by Crippen LogP contribution is -2.35. The van der Waals surface area contributed by atoms with Crippen molar-refractivity contribution < 1.29 is 17.9 Å². The third-order valence-corrected chi connectivity index (χ3v) is 5.54. The van der Waals surface area contributed by atoms with Crippen LogP contribution in [-0.2, 0) is 14.8 Å². The van der Waals surface area contributed by atoms with Gasteiger partial charge in [-0.25, -0.2) is 13.1 Å². The molecule has 3 rings (SSSR count). The maximum atomic E-state index is 12.4. The zero-order valence-corrected chi connectivity index (χ0v) is 13.8. The molecule has 1 saturated heterocycles. The first kappa shape index (κ1) is 16.2. The molecule has 1 heterocycles. The maximum Gasteiger partial charge on any atom is 0.244 e. The summed E-state index contributed by atoms with van der Waals surface area (Å²) in [5.41, 5.74) is 0.445. The summed E-state index contributed by atoms with van der Waals surface area (Å²) >= 11 is 0. The van der Waals surface area contributed by atoms with E-state index in [4.69, 9.17) is 4.74 Å². The van der Waals surface area contributed by atoms with Crippen molar-refractivity contribution >= 4 is 21.6 Å². The van der Waals surface area contributed by atoms with Gasteiger partial charge in [-0.3, -0.25) is 4.79 Å². The molecule has 1 aromatic rings. The van der Waals surface area contributed by atoms with Crippen molar-refractivity contribution in [2.24, 2.45) is 0 Å². The van der Waals surface area contributed by atoms with E-state index in [0.717, 1.165) is 32.2 Å². The molecular formula is C15H21N3O4S. The number of nitrogens with one attached hydrogen (secondary N) is 3. The van der Waals surface area contributed by atoms with Crippen LogP contribution in [0.1, 0.15) is 25.7 Å². The number of hydrogen-bond donors (Lipinski definition) is 3. The monoisotopic (exact) mass is 339 g/mol. The summed E-state index contributed by atoms with van der Waals surface area (Å²) in [6, 6.07) is 4.42. The van der Waals surface area contributed by atoms with Crippen LogP contribution < -0.4 is 20.1 Å². The SMILES string of the molecule is COc1ccc(NC(=O)C2CCCN2)cc1S(=O)(=O)NC1CC1. The van der Waals surface area contributed by atoms with Crippen LogP contribution in [0.3, 0.4) is 0 Å². The maximum absolute atomic E-state index is 12.4. The number of amides is 1. The Kier molecular flexibility index (Phi) is 4.56. The first-order chi connectivity index (χ1) is 11.0. The zero-order valence-electron chi connectivity index (χ0n) is 13.0. The van der Waals surface area contributed by atoms with E-state index in [1.807, 2.05) is 0 Å². The van der Waals surface area contributed by atoms with Gasteiger partial charge in [0.1, 0.15) is 10.6 Å². The molecule has 1 aliphatic heterocycles. The van der Waals surface area contributed by atoms with Crippen LogP contribution in [0.15, 0.2) is 23.1 Å². The van der Waals surface area contributed by atoms with Gasteiger partial charge in [-0.1, -0.05) is 0 Å². The van der Waals surface area contributed by atoms with Gasteiger partial charge in [0.2, 0.25) is 15.9 Å². The number of methoxy groups -OCH3 is 1. The standard InChI is InChI=1S/C15H21N3O4S/c1-22-13-7-6-11(17-15(19)12-3-2-8-16-12)9-14(13)23(20,21)18-10-4-5-10/h6-7,9-10,12,16,18H,2-5,8H2,1H3,(H,17,19). The molecule has 3 N–H and O–H groups in total. The van der Waals surface area contributed by atoms with Gasteiger partial charge in [-0.2, -0.15) is 0 Å². The van der Waals surface area contributed by atoms with Gasteiger partial charge in [-0.05, 0) is 50.4 Å². The molecule has 126 valence electrons. The zero-order chi connectivity index (χ0) is 16.4. The van der Waals surface area contributed by atoms with Crippen LogP contribution in [0.4, 0.5) is 5.69 Å². The van der Waals surface area contributed by atoms with Gasteiger partial charge in [0.25, 0.3) is 0 Å². The highest BCUT2D eigenvalue weighted by atomic mass is 32.2. The summed E-state index contributed by atoms with van der Waals surface area (Å²) in [4.78, 5) is 12.2. The molecule has 0 spiro atoms. The number of anilines is 1. The molecule has 8 heteroatoms. The Balaban J connectivity index is 1.81. The van der Waals surface area contributed by atoms with E-state index in [1.165, 1.54) is 13.2 Å². The van der Waals surface area contributed by atoms with Crippen molar-refractivity contribution in [3.8, 4) is 5.75 Å². The van der Waals surface area contributed by atoms with Crippen LogP contribution in [-0.4, -0.2) is 40.1 Å². The van der Waals surface area contributed by atoms with E-state index < -0.39 is 10.0 Å². The highest BCUT2D eigenvalue weighted by Gasteiger charge is 2.30. The smallest absolute Gasteiger partial charge is 0.244 e. The topological polar surface area (TPSA) is 96.5 Å². The normalized spacial score (nSPS) is 21.2. The van der Waals surface area contributed by atoms with E-state index in [2.05, 4.69) is 15.4 Å². The van der Waals surface area contributed by atoms with E-state index in [9.17, 15) is 13.2 Å². The Labute approximate surface area is 135 Å². The van der Waals surface area contributed by atoms with Gasteiger partial charge in [-0.15, -0.1) is 0 Å². The van der Waals surface area contributed by atoms with Crippen LogP contribution in [0.5, 0.6) is 5.75 Å². The number of rotatable bonds is 6. The van der Waals surface area contributed by atoms with Crippen molar-refractivity contribution in [2.45, 2.75) is 42.7 Å². The molecule has 1 atom stereocenters. The average Bonchev–Trinajstić information content (AvgIpc) is 3.15. The van der Waals surface area contributed by atoms with Crippen molar-refractivity contribution in [1.82, 2.24) is 10.0 Å². The first-order valence-corrected chi connectivity index (χ1v) is 9.22. The summed E-state index contributed by atoms with van der Waals surface area (Å²) < 4.78 is 32.7. The summed E-state index contributed by atoms with van der Waals surface area (Å²) in [6.07, 6.45) is 3.46. The van der Waals surface area contributed by atoms with Gasteiger partial charge in [0.15, 0.2) is 0 Å². The first-order valence-electron chi connectivity index (χ1n) is 7.74. The quantitative estimate of drug-likeness (QED) is 0.713. The molecule has 1 amide bonds. The van der Waals surface area contributed by atoms with Crippen molar-refractivity contribution in [3.63, 3.8) is 0 Å². The largest absolute Gasteiger partial charge is 0.495 e. The Bertz CT molecular complexity index is 695. The molecule has 1 saturated carbocycles. The minimum Gasteiger partial charge on any atom is -0.495 e. The molecular weight excluding hydrogens is 318 g/mol. The lowest BCUT2D eigenvalue weighted by Gasteiger charge is -2.14. The third kappa shape index (κ3) is 3.82. The molecule has 7 nitrogen and oxygen atoms in total. The molecule has 0 bridgehead atoms. The van der Waals surface area contributed by atoms with E-state index in [-0.39, 0.29) is 28.6 Å². The van der Waals surface area contributed by atoms with Crippen LogP contribution in [0, 0.1) is 0 Å². The molecule has 23 heavy (non-hydrogen) atoms. The number of carbonyl (C=O) groups excluding carboxylic acids is 1. The van der Waals surface area contributed by atoms with Crippen molar-refractivity contribution in [1.29, 1.82) is 0 Å². The Morgan fingerprint density at radius 1 is 1.30 bits per heavy atom. The number of sulfonamides is 1. The highest BCUT2D eigenvalue weighted by molar-refractivity contribution is 7.89. The third-order valence-electron chi connectivity index (χ3n) is 4.00. The predicted molar refractivity (Wildman–Crippen MR) is 86.0 cm³/mol. The number of carbonyl (C=O) groups is 1. The summed E-state index contributed by atoms with van der Waals surface area (Å²) in [5.74, 6) is 0.112. The van der Waals surface area contributed by atoms with E-state index in [1.54, 1.807) is 12.1 Å². The fourth-order valence-electron chi connectivity index (χ4n) is 2.59. The second-order valence-corrected chi connectivity index (χ2v) is 7.58. The van der Waals surface area contributed by atoms with E-state index >= 15 is 0 Å². The van der Waals surface area contributed by atoms with Crippen molar-refractivity contribution in [3.05, 3.63) is 18.2 Å². The van der Waals surface area contributed by atoms with Crippen LogP contribution in [0.25, 0.3) is 0 Å². The van der Waals surface area contributed by atoms with Gasteiger partial charge in [0.05, 0.1) is 13.2 Å². The molecule has 1 aliphatic carbocycles. The minimum atomic E-state index is -3.66. The lowest BCUT2D eigenvalue weighted by molar-refractivity contribution is -0.117. The highest BCUT2D eigenvalue weighted by Crippen LogP contribution is 2.29. The van der Waals surface area contributed by atoms with Crippen LogP contribution in [0.2, 0.25) is 0 Å². The second-order valence-electron chi connectivity index (χ2n) is 5.90. The Morgan fingerprint density at radius 2 is 2.09 bits per heavy atom. The van der Waals surface area contributed by atoms with E-state index in [0.29, 0.717) is 5.69 Å². The molecule has 0 radical (unpaired) electrons. The van der Waals surface area contributed by atoms with Gasteiger partial charge in [0, 0.05) is 11.7 Å². The summed E-state index contributed by atoms with van der Waals surface area (Å²) in [6.45, 7) is 0.825. The number of benzene rings is 1. The summed E-state index contributed by atoms with van der Waals surface area (Å²) in [7, 11) is -2.24. The molecule has 1 aromatic carbocycles. The molecule has 1 unspecified atom stereocenters. The fraction of sp³-hybridized carbons (Fsp3) is 0.533. The molecule has 2 fully saturated rings. The molecule has 0 aromatic heterocycles. The summed E-state index contributed by atoms with van der Waals surface area (Å²) in [5, 5.41) is 5.88. The number of ether oxygens (including phenoxy) is 1. The van der Waals surface area contributed by atoms with Gasteiger partial charge < -0.3 is 15.4 Å². The fourth-order valence-corrected chi connectivity index (χ4v) is 4.09. The van der Waals surface area contributed by atoms with Crippen LogP contribution >= 0.6 is 0 Å². The van der Waals surface area contributed by atoms with Crippen molar-refractivity contribution in [2.75, 3.05) is 19.0 Å². The predicted octanol–water partition coefficient (Wildman–Crippen LogP) is 0.826. The lowest BCUT2D eigenvalue weighted by atomic mass is 10.2. The number of hydrogen-bond acceptors (Lipinski definition) is 5. The Morgan fingerprint density at radius 3 is 2.70 bits per heavy atom. The average molecular weight is 339 g/mol. The second kappa shape index (κ2) is 6.46. The molecule has 2 aliphatic rings. The Hall–Kier alpha value is -1.64. The van der Waals surface area contributed by atoms with Gasteiger partial charge >= 0.3 is 0 Å². The minimum absolute atomic E-state index is 0.00522.